The highest BCUT2D eigenvalue weighted by molar-refractivity contribution is 5.16. The Morgan fingerprint density at radius 3 is 3.11 bits per heavy atom. The van der Waals surface area contributed by atoms with Gasteiger partial charge in [-0.2, -0.15) is 5.10 Å². The first-order valence-corrected chi connectivity index (χ1v) is 7.23. The van der Waals surface area contributed by atoms with Crippen LogP contribution in [-0.4, -0.2) is 39.0 Å². The third kappa shape index (κ3) is 3.45. The molecule has 4 heteroatoms. The van der Waals surface area contributed by atoms with Crippen LogP contribution in [-0.2, 0) is 13.1 Å². The molecule has 0 aliphatic carbocycles. The summed E-state index contributed by atoms with van der Waals surface area (Å²) in [5, 5.41) is 13.6. The van der Waals surface area contributed by atoms with Gasteiger partial charge >= 0.3 is 0 Å². The van der Waals surface area contributed by atoms with Crippen molar-refractivity contribution in [3.63, 3.8) is 0 Å². The Morgan fingerprint density at radius 2 is 2.37 bits per heavy atom. The van der Waals surface area contributed by atoms with E-state index in [4.69, 9.17) is 0 Å². The average molecular weight is 263 g/mol. The Bertz CT molecular complexity index is 412. The van der Waals surface area contributed by atoms with Crippen LogP contribution in [0.5, 0.6) is 0 Å². The molecule has 106 valence electrons. The van der Waals surface area contributed by atoms with Crippen molar-refractivity contribution in [2.45, 2.75) is 51.7 Å². The molecule has 1 aromatic heterocycles. The average Bonchev–Trinajstić information content (AvgIpc) is 2.75. The SMILES string of the molecule is C=CCn1ncc(CN2CCCCC2CCO)c1C. The summed E-state index contributed by atoms with van der Waals surface area (Å²) in [6.45, 7) is 9.03. The van der Waals surface area contributed by atoms with Gasteiger partial charge in [-0.3, -0.25) is 9.58 Å². The molecule has 1 fully saturated rings. The predicted octanol–water partition coefficient (Wildman–Crippen LogP) is 2.11. The van der Waals surface area contributed by atoms with E-state index in [0.29, 0.717) is 6.04 Å². The van der Waals surface area contributed by atoms with Gasteiger partial charge < -0.3 is 5.11 Å². The molecule has 1 aliphatic rings. The maximum atomic E-state index is 9.18. The van der Waals surface area contributed by atoms with Gasteiger partial charge in [0.2, 0.25) is 0 Å². The van der Waals surface area contributed by atoms with Gasteiger partial charge in [0, 0.05) is 30.5 Å². The molecular formula is C15H25N3O. The van der Waals surface area contributed by atoms with Gasteiger partial charge in [-0.15, -0.1) is 6.58 Å². The van der Waals surface area contributed by atoms with Crippen LogP contribution in [0.3, 0.4) is 0 Å². The highest BCUT2D eigenvalue weighted by Crippen LogP contribution is 2.22. The van der Waals surface area contributed by atoms with Crippen molar-refractivity contribution in [2.75, 3.05) is 13.2 Å². The number of aromatic nitrogens is 2. The topological polar surface area (TPSA) is 41.3 Å². The molecule has 1 N–H and O–H groups in total. The zero-order valence-corrected chi connectivity index (χ0v) is 11.9. The quantitative estimate of drug-likeness (QED) is 0.799. The van der Waals surface area contributed by atoms with Crippen molar-refractivity contribution in [3.05, 3.63) is 30.1 Å². The fraction of sp³-hybridized carbons (Fsp3) is 0.667. The van der Waals surface area contributed by atoms with E-state index in [1.54, 1.807) is 0 Å². The first-order chi connectivity index (χ1) is 9.26. The molecule has 0 radical (unpaired) electrons. The van der Waals surface area contributed by atoms with Crippen molar-refractivity contribution >= 4 is 0 Å². The number of likely N-dealkylation sites (tertiary alicyclic amines) is 1. The second-order valence-corrected chi connectivity index (χ2v) is 5.36. The van der Waals surface area contributed by atoms with E-state index in [2.05, 4.69) is 23.5 Å². The molecule has 1 saturated heterocycles. The van der Waals surface area contributed by atoms with E-state index in [9.17, 15) is 5.11 Å². The summed E-state index contributed by atoms with van der Waals surface area (Å²) in [5.74, 6) is 0. The minimum atomic E-state index is 0.288. The predicted molar refractivity (Wildman–Crippen MR) is 76.9 cm³/mol. The summed E-state index contributed by atoms with van der Waals surface area (Å²) in [4.78, 5) is 2.50. The lowest BCUT2D eigenvalue weighted by Gasteiger charge is -2.35. The van der Waals surface area contributed by atoms with Crippen LogP contribution in [0.1, 0.15) is 36.9 Å². The van der Waals surface area contributed by atoms with Crippen molar-refractivity contribution < 1.29 is 5.11 Å². The van der Waals surface area contributed by atoms with Gasteiger partial charge in [-0.1, -0.05) is 12.5 Å². The molecule has 4 nitrogen and oxygen atoms in total. The van der Waals surface area contributed by atoms with Crippen LogP contribution < -0.4 is 0 Å². The number of rotatable bonds is 6. The molecule has 2 heterocycles. The summed E-state index contributed by atoms with van der Waals surface area (Å²) < 4.78 is 1.99. The third-order valence-corrected chi connectivity index (χ3v) is 4.09. The van der Waals surface area contributed by atoms with E-state index in [0.717, 1.165) is 26.1 Å². The number of piperidine rings is 1. The molecule has 0 spiro atoms. The molecule has 0 bridgehead atoms. The largest absolute Gasteiger partial charge is 0.396 e. The Labute approximate surface area is 115 Å². The zero-order valence-electron chi connectivity index (χ0n) is 11.9. The Balaban J connectivity index is 2.04. The third-order valence-electron chi connectivity index (χ3n) is 4.09. The highest BCUT2D eigenvalue weighted by atomic mass is 16.3. The zero-order chi connectivity index (χ0) is 13.7. The standard InChI is InChI=1S/C15H25N3O/c1-3-8-18-13(2)14(11-16-18)12-17-9-5-4-6-15(17)7-10-19/h3,11,15,19H,1,4-10,12H2,2H3. The Hall–Kier alpha value is -1.13. The van der Waals surface area contributed by atoms with E-state index < -0.39 is 0 Å². The number of aliphatic hydroxyl groups is 1. The second kappa shape index (κ2) is 6.87. The van der Waals surface area contributed by atoms with Gasteiger partial charge in [-0.05, 0) is 32.7 Å². The molecule has 1 aromatic rings. The first kappa shape index (κ1) is 14.3. The smallest absolute Gasteiger partial charge is 0.0590 e. The van der Waals surface area contributed by atoms with Crippen molar-refractivity contribution in [1.82, 2.24) is 14.7 Å². The van der Waals surface area contributed by atoms with Crippen molar-refractivity contribution in [2.24, 2.45) is 0 Å². The first-order valence-electron chi connectivity index (χ1n) is 7.23. The summed E-state index contributed by atoms with van der Waals surface area (Å²) in [5.41, 5.74) is 2.53. The lowest BCUT2D eigenvalue weighted by Crippen LogP contribution is -2.39. The minimum Gasteiger partial charge on any atom is -0.396 e. The van der Waals surface area contributed by atoms with E-state index in [1.165, 1.54) is 30.5 Å². The lowest BCUT2D eigenvalue weighted by molar-refractivity contribution is 0.112. The maximum absolute atomic E-state index is 9.18. The van der Waals surface area contributed by atoms with Crippen molar-refractivity contribution in [3.8, 4) is 0 Å². The van der Waals surface area contributed by atoms with Crippen LogP contribution in [0.15, 0.2) is 18.9 Å². The Kier molecular flexibility index (Phi) is 5.16. The molecule has 19 heavy (non-hydrogen) atoms. The van der Waals surface area contributed by atoms with Crippen LogP contribution in [0.25, 0.3) is 0 Å². The number of aliphatic hydroxyl groups excluding tert-OH is 1. The molecule has 1 aliphatic heterocycles. The molecule has 0 amide bonds. The monoisotopic (exact) mass is 263 g/mol. The van der Waals surface area contributed by atoms with Gasteiger partial charge in [0.25, 0.3) is 0 Å². The molecule has 1 unspecified atom stereocenters. The Morgan fingerprint density at radius 1 is 1.53 bits per heavy atom. The molecule has 0 aromatic carbocycles. The van der Waals surface area contributed by atoms with Gasteiger partial charge in [0.15, 0.2) is 0 Å². The summed E-state index contributed by atoms with van der Waals surface area (Å²) >= 11 is 0. The highest BCUT2D eigenvalue weighted by Gasteiger charge is 2.23. The van der Waals surface area contributed by atoms with Crippen LogP contribution in [0.2, 0.25) is 0 Å². The second-order valence-electron chi connectivity index (χ2n) is 5.36. The minimum absolute atomic E-state index is 0.288. The van der Waals surface area contributed by atoms with E-state index in [1.807, 2.05) is 17.0 Å². The van der Waals surface area contributed by atoms with Gasteiger partial charge in [-0.25, -0.2) is 0 Å². The van der Waals surface area contributed by atoms with Crippen LogP contribution >= 0.6 is 0 Å². The fourth-order valence-corrected chi connectivity index (χ4v) is 2.91. The van der Waals surface area contributed by atoms with Crippen molar-refractivity contribution in [1.29, 1.82) is 0 Å². The van der Waals surface area contributed by atoms with Gasteiger partial charge in [0.1, 0.15) is 0 Å². The molecular weight excluding hydrogens is 238 g/mol. The number of allylic oxidation sites excluding steroid dienone is 1. The molecule has 2 rings (SSSR count). The summed E-state index contributed by atoms with van der Waals surface area (Å²) in [6.07, 6.45) is 8.50. The lowest BCUT2D eigenvalue weighted by atomic mass is 9.99. The normalized spacial score (nSPS) is 20.6. The number of nitrogens with zero attached hydrogens (tertiary/aromatic N) is 3. The molecule has 0 saturated carbocycles. The summed E-state index contributed by atoms with van der Waals surface area (Å²) in [7, 11) is 0. The van der Waals surface area contributed by atoms with Crippen LogP contribution in [0, 0.1) is 6.92 Å². The maximum Gasteiger partial charge on any atom is 0.0590 e. The summed E-state index contributed by atoms with van der Waals surface area (Å²) in [6, 6.07) is 0.529. The molecule has 1 atom stereocenters. The van der Waals surface area contributed by atoms with Crippen LogP contribution in [0.4, 0.5) is 0 Å². The van der Waals surface area contributed by atoms with Gasteiger partial charge in [0.05, 0.1) is 12.7 Å². The number of hydrogen-bond donors (Lipinski definition) is 1. The van der Waals surface area contributed by atoms with E-state index in [-0.39, 0.29) is 6.61 Å². The number of hydrogen-bond acceptors (Lipinski definition) is 3. The van der Waals surface area contributed by atoms with E-state index >= 15 is 0 Å². The fourth-order valence-electron chi connectivity index (χ4n) is 2.91.